The molecule has 0 aromatic carbocycles. The molecule has 2 N–H and O–H groups in total. The van der Waals surface area contributed by atoms with E-state index in [1.165, 1.54) is 0 Å². The molecule has 0 radical (unpaired) electrons. The maximum absolute atomic E-state index is 11.9. The van der Waals surface area contributed by atoms with Gasteiger partial charge in [-0.2, -0.15) is 0 Å². The van der Waals surface area contributed by atoms with E-state index in [0.29, 0.717) is 0 Å². The van der Waals surface area contributed by atoms with Gasteiger partial charge in [0.2, 0.25) is 10.0 Å². The smallest absolute Gasteiger partial charge is 0.212 e. The average Bonchev–Trinajstić information content (AvgIpc) is 2.38. The second-order valence-corrected chi connectivity index (χ2v) is 6.47. The number of hydrogen-bond donors (Lipinski definition) is 2. The van der Waals surface area contributed by atoms with Gasteiger partial charge in [-0.3, -0.25) is 4.98 Å². The second kappa shape index (κ2) is 6.26. The summed E-state index contributed by atoms with van der Waals surface area (Å²) in [7, 11) is -3.20. The van der Waals surface area contributed by atoms with Crippen molar-refractivity contribution in [3.8, 4) is 0 Å². The van der Waals surface area contributed by atoms with E-state index >= 15 is 0 Å². The molecule has 0 bridgehead atoms. The molecule has 5 nitrogen and oxygen atoms in total. The van der Waals surface area contributed by atoms with Gasteiger partial charge in [-0.1, -0.05) is 6.07 Å². The number of piperidine rings is 1. The first kappa shape index (κ1) is 13.5. The third-order valence-electron chi connectivity index (χ3n) is 3.11. The van der Waals surface area contributed by atoms with E-state index in [9.17, 15) is 8.42 Å². The van der Waals surface area contributed by atoms with E-state index in [0.717, 1.165) is 31.6 Å². The molecular formula is C12H19N3O2S. The molecule has 1 fully saturated rings. The molecule has 1 aromatic rings. The highest BCUT2D eigenvalue weighted by molar-refractivity contribution is 7.89. The number of aromatic nitrogens is 1. The van der Waals surface area contributed by atoms with Gasteiger partial charge >= 0.3 is 0 Å². The second-order valence-electron chi connectivity index (χ2n) is 4.62. The molecule has 0 unspecified atom stereocenters. The van der Waals surface area contributed by atoms with Crippen molar-refractivity contribution in [2.24, 2.45) is 5.92 Å². The van der Waals surface area contributed by atoms with Gasteiger partial charge in [0.15, 0.2) is 0 Å². The standard InChI is InChI=1S/C12H19N3O2S/c16-18(17,10-11-4-7-13-8-5-11)15-9-12-3-1-2-6-14-12/h1-3,6,11,13,15H,4-5,7-10H2. The van der Waals surface area contributed by atoms with Gasteiger partial charge in [-0.05, 0) is 44.0 Å². The minimum absolute atomic E-state index is 0.224. The van der Waals surface area contributed by atoms with Crippen molar-refractivity contribution in [3.63, 3.8) is 0 Å². The first-order chi connectivity index (χ1) is 8.66. The van der Waals surface area contributed by atoms with Crippen molar-refractivity contribution in [2.75, 3.05) is 18.8 Å². The van der Waals surface area contributed by atoms with Crippen molar-refractivity contribution in [2.45, 2.75) is 19.4 Å². The summed E-state index contributed by atoms with van der Waals surface area (Å²) < 4.78 is 26.4. The lowest BCUT2D eigenvalue weighted by Gasteiger charge is -2.22. The van der Waals surface area contributed by atoms with E-state index in [4.69, 9.17) is 0 Å². The molecular weight excluding hydrogens is 250 g/mol. The summed E-state index contributed by atoms with van der Waals surface area (Å²) in [6.07, 6.45) is 3.53. The summed E-state index contributed by atoms with van der Waals surface area (Å²) in [6, 6.07) is 5.48. The first-order valence-corrected chi connectivity index (χ1v) is 7.89. The summed E-state index contributed by atoms with van der Waals surface area (Å²) >= 11 is 0. The predicted octanol–water partition coefficient (Wildman–Crippen LogP) is 0.501. The minimum Gasteiger partial charge on any atom is -0.317 e. The number of pyridine rings is 1. The van der Waals surface area contributed by atoms with Crippen molar-refractivity contribution >= 4 is 10.0 Å². The predicted molar refractivity (Wildman–Crippen MR) is 70.5 cm³/mol. The van der Waals surface area contributed by atoms with E-state index in [-0.39, 0.29) is 18.2 Å². The molecule has 0 aliphatic carbocycles. The van der Waals surface area contributed by atoms with Gasteiger partial charge in [-0.25, -0.2) is 13.1 Å². The molecule has 6 heteroatoms. The van der Waals surface area contributed by atoms with Crippen LogP contribution >= 0.6 is 0 Å². The van der Waals surface area contributed by atoms with E-state index in [1.807, 2.05) is 18.2 Å². The molecule has 2 rings (SSSR count). The van der Waals surface area contributed by atoms with Gasteiger partial charge in [0.1, 0.15) is 0 Å². The molecule has 1 aliphatic rings. The number of nitrogens with zero attached hydrogens (tertiary/aromatic N) is 1. The maximum atomic E-state index is 11.9. The van der Waals surface area contributed by atoms with Crippen LogP contribution in [0.4, 0.5) is 0 Å². The van der Waals surface area contributed by atoms with Gasteiger partial charge in [0.05, 0.1) is 18.0 Å². The Morgan fingerprint density at radius 2 is 2.11 bits per heavy atom. The number of hydrogen-bond acceptors (Lipinski definition) is 4. The summed E-state index contributed by atoms with van der Waals surface area (Å²) in [6.45, 7) is 2.11. The van der Waals surface area contributed by atoms with E-state index in [2.05, 4.69) is 15.0 Å². The van der Waals surface area contributed by atoms with Gasteiger partial charge in [-0.15, -0.1) is 0 Å². The Morgan fingerprint density at radius 1 is 1.33 bits per heavy atom. The summed E-state index contributed by atoms with van der Waals surface area (Å²) in [5, 5.41) is 3.23. The number of rotatable bonds is 5. The van der Waals surface area contributed by atoms with Crippen LogP contribution in [0.25, 0.3) is 0 Å². The summed E-state index contributed by atoms with van der Waals surface area (Å²) in [5.41, 5.74) is 0.742. The van der Waals surface area contributed by atoms with Crippen LogP contribution in [-0.4, -0.2) is 32.2 Å². The van der Waals surface area contributed by atoms with Crippen LogP contribution in [0.3, 0.4) is 0 Å². The lowest BCUT2D eigenvalue weighted by Crippen LogP contribution is -2.35. The monoisotopic (exact) mass is 269 g/mol. The van der Waals surface area contributed by atoms with E-state index < -0.39 is 10.0 Å². The Morgan fingerprint density at radius 3 is 2.78 bits per heavy atom. The third-order valence-corrected chi connectivity index (χ3v) is 4.61. The summed E-state index contributed by atoms with van der Waals surface area (Å²) in [4.78, 5) is 4.09. The topological polar surface area (TPSA) is 71.1 Å². The SMILES string of the molecule is O=S(=O)(CC1CCNCC1)NCc1ccccn1. The van der Waals surface area contributed by atoms with Gasteiger partial charge < -0.3 is 5.32 Å². The molecule has 1 aliphatic heterocycles. The van der Waals surface area contributed by atoms with E-state index in [1.54, 1.807) is 6.20 Å². The van der Waals surface area contributed by atoms with Crippen molar-refractivity contribution < 1.29 is 8.42 Å². The van der Waals surface area contributed by atoms with Gasteiger partial charge in [0.25, 0.3) is 0 Å². The van der Waals surface area contributed by atoms with Crippen LogP contribution in [-0.2, 0) is 16.6 Å². The quantitative estimate of drug-likeness (QED) is 0.816. The van der Waals surface area contributed by atoms with Crippen LogP contribution in [0.15, 0.2) is 24.4 Å². The fourth-order valence-electron chi connectivity index (χ4n) is 2.10. The lowest BCUT2D eigenvalue weighted by molar-refractivity contribution is 0.400. The summed E-state index contributed by atoms with van der Waals surface area (Å²) in [5.74, 6) is 0.495. The minimum atomic E-state index is -3.20. The lowest BCUT2D eigenvalue weighted by atomic mass is 10.0. The molecule has 0 saturated carbocycles. The zero-order valence-electron chi connectivity index (χ0n) is 10.3. The zero-order valence-corrected chi connectivity index (χ0v) is 11.1. The molecule has 0 spiro atoms. The van der Waals surface area contributed by atoms with Crippen LogP contribution in [0.5, 0.6) is 0 Å². The van der Waals surface area contributed by atoms with Crippen LogP contribution < -0.4 is 10.0 Å². The number of nitrogens with one attached hydrogen (secondary N) is 2. The first-order valence-electron chi connectivity index (χ1n) is 6.24. The van der Waals surface area contributed by atoms with Crippen molar-refractivity contribution in [1.82, 2.24) is 15.0 Å². The Bertz CT molecular complexity index is 455. The Kier molecular flexibility index (Phi) is 4.68. The molecule has 1 saturated heterocycles. The molecule has 2 heterocycles. The zero-order chi connectivity index (χ0) is 12.8. The fraction of sp³-hybridized carbons (Fsp3) is 0.583. The maximum Gasteiger partial charge on any atom is 0.212 e. The Labute approximate surface area is 108 Å². The van der Waals surface area contributed by atoms with Crippen molar-refractivity contribution in [3.05, 3.63) is 30.1 Å². The van der Waals surface area contributed by atoms with Crippen LogP contribution in [0.1, 0.15) is 18.5 Å². The largest absolute Gasteiger partial charge is 0.317 e. The Balaban J connectivity index is 1.83. The van der Waals surface area contributed by atoms with Crippen LogP contribution in [0, 0.1) is 5.92 Å². The molecule has 1 aromatic heterocycles. The average molecular weight is 269 g/mol. The molecule has 0 atom stereocenters. The Hall–Kier alpha value is -0.980. The number of sulfonamides is 1. The highest BCUT2D eigenvalue weighted by Gasteiger charge is 2.20. The van der Waals surface area contributed by atoms with Crippen LogP contribution in [0.2, 0.25) is 0 Å². The van der Waals surface area contributed by atoms with Crippen molar-refractivity contribution in [1.29, 1.82) is 0 Å². The highest BCUT2D eigenvalue weighted by Crippen LogP contribution is 2.13. The molecule has 100 valence electrons. The molecule has 0 amide bonds. The highest BCUT2D eigenvalue weighted by atomic mass is 32.2. The normalized spacial score (nSPS) is 17.8. The fourth-order valence-corrected chi connectivity index (χ4v) is 3.54. The molecule has 18 heavy (non-hydrogen) atoms. The third kappa shape index (κ3) is 4.36. The van der Waals surface area contributed by atoms with Gasteiger partial charge in [0, 0.05) is 6.20 Å².